The molecule has 1 aliphatic rings. The molecule has 1 atom stereocenters. The summed E-state index contributed by atoms with van der Waals surface area (Å²) in [5, 5.41) is 9.61. The third kappa shape index (κ3) is 3.31. The van der Waals surface area contributed by atoms with Crippen molar-refractivity contribution in [3.63, 3.8) is 0 Å². The Morgan fingerprint density at radius 2 is 1.70 bits per heavy atom. The van der Waals surface area contributed by atoms with Crippen LogP contribution in [0, 0.1) is 0 Å². The van der Waals surface area contributed by atoms with Crippen molar-refractivity contribution in [2.24, 2.45) is 0 Å². The third-order valence-electron chi connectivity index (χ3n) is 4.18. The first-order valence-electron chi connectivity index (χ1n) is 7.76. The highest BCUT2D eigenvalue weighted by molar-refractivity contribution is 5.77. The van der Waals surface area contributed by atoms with Gasteiger partial charge in [0, 0.05) is 0 Å². The van der Waals surface area contributed by atoms with Crippen molar-refractivity contribution in [1.82, 2.24) is 0 Å². The monoisotopic (exact) mass is 312 g/mol. The van der Waals surface area contributed by atoms with E-state index in [-0.39, 0.29) is 6.79 Å². The van der Waals surface area contributed by atoms with Crippen LogP contribution in [0.1, 0.15) is 42.4 Å². The van der Waals surface area contributed by atoms with Gasteiger partial charge in [-0.25, -0.2) is 0 Å². The smallest absolute Gasteiger partial charge is 0.311 e. The summed E-state index contributed by atoms with van der Waals surface area (Å²) in [5.74, 6) is 0.308. The summed E-state index contributed by atoms with van der Waals surface area (Å²) in [7, 11) is 0. The van der Waals surface area contributed by atoms with Gasteiger partial charge >= 0.3 is 5.97 Å². The van der Waals surface area contributed by atoms with Gasteiger partial charge in [-0.1, -0.05) is 44.2 Å². The molecule has 0 fully saturated rings. The first kappa shape index (κ1) is 15.4. The summed E-state index contributed by atoms with van der Waals surface area (Å²) in [5.41, 5.74) is 3.00. The van der Waals surface area contributed by atoms with Crippen molar-refractivity contribution in [3.8, 4) is 11.5 Å². The molecule has 0 spiro atoms. The van der Waals surface area contributed by atoms with Gasteiger partial charge in [0.05, 0.1) is 5.92 Å². The van der Waals surface area contributed by atoms with E-state index in [0.717, 1.165) is 11.1 Å². The number of hydrogen-bond acceptors (Lipinski definition) is 3. The van der Waals surface area contributed by atoms with Crippen molar-refractivity contribution in [2.75, 3.05) is 6.79 Å². The molecule has 120 valence electrons. The molecule has 0 saturated heterocycles. The zero-order valence-electron chi connectivity index (χ0n) is 13.3. The van der Waals surface area contributed by atoms with Gasteiger partial charge in [-0.15, -0.1) is 0 Å². The molecule has 0 bridgehead atoms. The molecule has 4 heteroatoms. The molecule has 1 N–H and O–H groups in total. The van der Waals surface area contributed by atoms with E-state index in [1.165, 1.54) is 5.56 Å². The molecule has 2 aromatic carbocycles. The Bertz CT molecular complexity index is 704. The minimum atomic E-state index is -0.836. The van der Waals surface area contributed by atoms with Crippen molar-refractivity contribution in [3.05, 3.63) is 59.2 Å². The summed E-state index contributed by atoms with van der Waals surface area (Å²) >= 11 is 0. The molecular formula is C19H20O4. The van der Waals surface area contributed by atoms with Crippen LogP contribution < -0.4 is 9.47 Å². The largest absolute Gasteiger partial charge is 0.481 e. The van der Waals surface area contributed by atoms with E-state index in [9.17, 15) is 9.90 Å². The predicted octanol–water partition coefficient (Wildman–Crippen LogP) is 3.95. The maximum absolute atomic E-state index is 11.7. The lowest BCUT2D eigenvalue weighted by Gasteiger charge is -2.14. The van der Waals surface area contributed by atoms with Crippen LogP contribution in [0.15, 0.2) is 42.5 Å². The highest BCUT2D eigenvalue weighted by Gasteiger charge is 2.23. The predicted molar refractivity (Wildman–Crippen MR) is 87.2 cm³/mol. The number of hydrogen-bond donors (Lipinski definition) is 1. The highest BCUT2D eigenvalue weighted by Crippen LogP contribution is 2.35. The zero-order chi connectivity index (χ0) is 16.4. The van der Waals surface area contributed by atoms with Gasteiger partial charge < -0.3 is 14.6 Å². The average molecular weight is 312 g/mol. The van der Waals surface area contributed by atoms with E-state index < -0.39 is 11.9 Å². The van der Waals surface area contributed by atoms with Crippen molar-refractivity contribution < 1.29 is 19.4 Å². The number of benzene rings is 2. The SMILES string of the molecule is CC(C)c1ccc(CC(C(=O)O)c2ccc3c(c2)OCO3)cc1. The van der Waals surface area contributed by atoms with Gasteiger partial charge in [0.1, 0.15) is 0 Å². The maximum atomic E-state index is 11.7. The van der Waals surface area contributed by atoms with E-state index in [0.29, 0.717) is 23.8 Å². The Morgan fingerprint density at radius 1 is 1.04 bits per heavy atom. The number of fused-ring (bicyclic) bond motifs is 1. The molecule has 1 unspecified atom stereocenters. The fourth-order valence-electron chi connectivity index (χ4n) is 2.75. The number of ether oxygens (including phenoxy) is 2. The van der Waals surface area contributed by atoms with Crippen LogP contribution in [0.25, 0.3) is 0 Å². The van der Waals surface area contributed by atoms with Crippen molar-refractivity contribution in [2.45, 2.75) is 32.1 Å². The lowest BCUT2D eigenvalue weighted by atomic mass is 9.91. The number of rotatable bonds is 5. The normalized spacial score (nSPS) is 14.0. The summed E-state index contributed by atoms with van der Waals surface area (Å²) < 4.78 is 10.6. The van der Waals surface area contributed by atoms with Gasteiger partial charge in [0.15, 0.2) is 11.5 Å². The average Bonchev–Trinajstić information content (AvgIpc) is 3.00. The molecule has 1 heterocycles. The van der Waals surface area contributed by atoms with Crippen LogP contribution in [0.3, 0.4) is 0 Å². The molecule has 0 radical (unpaired) electrons. The summed E-state index contributed by atoms with van der Waals surface area (Å²) in [6.45, 7) is 4.47. The molecule has 0 amide bonds. The molecular weight excluding hydrogens is 292 g/mol. The van der Waals surface area contributed by atoms with Crippen LogP contribution in [-0.2, 0) is 11.2 Å². The van der Waals surface area contributed by atoms with Gasteiger partial charge in [-0.3, -0.25) is 4.79 Å². The third-order valence-corrected chi connectivity index (χ3v) is 4.18. The highest BCUT2D eigenvalue weighted by atomic mass is 16.7. The van der Waals surface area contributed by atoms with Crippen LogP contribution in [-0.4, -0.2) is 17.9 Å². The van der Waals surface area contributed by atoms with Crippen molar-refractivity contribution in [1.29, 1.82) is 0 Å². The molecule has 1 aliphatic heterocycles. The molecule has 4 nitrogen and oxygen atoms in total. The van der Waals surface area contributed by atoms with Crippen LogP contribution >= 0.6 is 0 Å². The Labute approximate surface area is 135 Å². The summed E-state index contributed by atoms with van der Waals surface area (Å²) in [4.78, 5) is 11.7. The van der Waals surface area contributed by atoms with Crippen molar-refractivity contribution >= 4 is 5.97 Å². The minimum Gasteiger partial charge on any atom is -0.481 e. The fraction of sp³-hybridized carbons (Fsp3) is 0.316. The van der Waals surface area contributed by atoms with E-state index in [2.05, 4.69) is 26.0 Å². The Morgan fingerprint density at radius 3 is 2.35 bits per heavy atom. The van der Waals surface area contributed by atoms with Gasteiger partial charge in [0.2, 0.25) is 6.79 Å². The standard InChI is InChI=1S/C19H20O4/c1-12(2)14-5-3-13(4-6-14)9-16(19(20)21)15-7-8-17-18(10-15)23-11-22-17/h3-8,10,12,16H,9,11H2,1-2H3,(H,20,21). The van der Waals surface area contributed by atoms with Crippen LogP contribution in [0.5, 0.6) is 11.5 Å². The number of carboxylic acid groups (broad SMARTS) is 1. The summed E-state index contributed by atoms with van der Waals surface area (Å²) in [6, 6.07) is 13.5. The van der Waals surface area contributed by atoms with E-state index >= 15 is 0 Å². The molecule has 0 aromatic heterocycles. The first-order chi connectivity index (χ1) is 11.0. The van der Waals surface area contributed by atoms with Gasteiger partial charge in [-0.2, -0.15) is 0 Å². The first-order valence-corrected chi connectivity index (χ1v) is 7.76. The number of aliphatic carboxylic acids is 1. The lowest BCUT2D eigenvalue weighted by molar-refractivity contribution is -0.138. The zero-order valence-corrected chi connectivity index (χ0v) is 13.3. The number of carbonyl (C=O) groups is 1. The van der Waals surface area contributed by atoms with Crippen LogP contribution in [0.2, 0.25) is 0 Å². The Kier molecular flexibility index (Phi) is 4.24. The topological polar surface area (TPSA) is 55.8 Å². The molecule has 2 aromatic rings. The van der Waals surface area contributed by atoms with Crippen LogP contribution in [0.4, 0.5) is 0 Å². The lowest BCUT2D eigenvalue weighted by Crippen LogP contribution is -2.14. The quantitative estimate of drug-likeness (QED) is 0.908. The second kappa shape index (κ2) is 6.32. The minimum absolute atomic E-state index is 0.188. The van der Waals surface area contributed by atoms with Gasteiger partial charge in [0.25, 0.3) is 0 Å². The van der Waals surface area contributed by atoms with Gasteiger partial charge in [-0.05, 0) is 41.2 Å². The molecule has 23 heavy (non-hydrogen) atoms. The van der Waals surface area contributed by atoms with E-state index in [1.54, 1.807) is 18.2 Å². The fourth-order valence-corrected chi connectivity index (χ4v) is 2.75. The van der Waals surface area contributed by atoms with E-state index in [4.69, 9.17) is 9.47 Å². The maximum Gasteiger partial charge on any atom is 0.311 e. The van der Waals surface area contributed by atoms with E-state index in [1.807, 2.05) is 12.1 Å². The Hall–Kier alpha value is -2.49. The molecule has 3 rings (SSSR count). The number of carboxylic acids is 1. The second-order valence-electron chi connectivity index (χ2n) is 6.10. The molecule has 0 saturated carbocycles. The summed E-state index contributed by atoms with van der Waals surface area (Å²) in [6.07, 6.45) is 0.452. The molecule has 0 aliphatic carbocycles. The Balaban J connectivity index is 1.83. The second-order valence-corrected chi connectivity index (χ2v) is 6.10.